The molecule has 0 fully saturated rings. The molecule has 0 aliphatic heterocycles. The number of hydrogen-bond donors (Lipinski definition) is 2. The van der Waals surface area contributed by atoms with Crippen LogP contribution in [0.25, 0.3) is 0 Å². The summed E-state index contributed by atoms with van der Waals surface area (Å²) >= 11 is 0. The number of amides is 1. The molecule has 0 aliphatic carbocycles. The number of nitrogens with one attached hydrogen (secondary N) is 1. The quantitative estimate of drug-likeness (QED) is 0.712. The first-order valence-corrected chi connectivity index (χ1v) is 9.21. The van der Waals surface area contributed by atoms with E-state index in [9.17, 15) is 14.7 Å². The molecule has 0 spiro atoms. The van der Waals surface area contributed by atoms with Crippen molar-refractivity contribution in [3.63, 3.8) is 0 Å². The van der Waals surface area contributed by atoms with Gasteiger partial charge in [0.1, 0.15) is 24.0 Å². The fourth-order valence-corrected chi connectivity index (χ4v) is 2.51. The summed E-state index contributed by atoms with van der Waals surface area (Å²) in [5, 5.41) is 11.7. The molecule has 2 rings (SSSR count). The third-order valence-corrected chi connectivity index (χ3v) is 3.88. The number of carboxylic acid groups (broad SMARTS) is 1. The number of carbonyl (C=O) groups is 2. The number of ether oxygens (including phenoxy) is 2. The fourth-order valence-electron chi connectivity index (χ4n) is 2.51. The van der Waals surface area contributed by atoms with Gasteiger partial charge in [-0.2, -0.15) is 0 Å². The van der Waals surface area contributed by atoms with Crippen molar-refractivity contribution in [1.82, 2.24) is 5.32 Å². The second-order valence-corrected chi connectivity index (χ2v) is 7.49. The molecule has 6 nitrogen and oxygen atoms in total. The first-order valence-electron chi connectivity index (χ1n) is 9.21. The Kier molecular flexibility index (Phi) is 7.44. The Balaban J connectivity index is 1.84. The third-order valence-electron chi connectivity index (χ3n) is 3.88. The average molecular weight is 385 g/mol. The van der Waals surface area contributed by atoms with Gasteiger partial charge in [-0.15, -0.1) is 0 Å². The largest absolute Gasteiger partial charge is 0.489 e. The minimum Gasteiger partial charge on any atom is -0.489 e. The Morgan fingerprint density at radius 2 is 1.64 bits per heavy atom. The van der Waals surface area contributed by atoms with Crippen LogP contribution in [0.15, 0.2) is 54.6 Å². The summed E-state index contributed by atoms with van der Waals surface area (Å²) < 4.78 is 10.9. The van der Waals surface area contributed by atoms with E-state index in [-0.39, 0.29) is 6.42 Å². The number of aryl methyl sites for hydroxylation is 1. The molecule has 0 bridgehead atoms. The van der Waals surface area contributed by atoms with Crippen molar-refractivity contribution in [2.45, 2.75) is 51.9 Å². The maximum Gasteiger partial charge on any atom is 0.408 e. The standard InChI is InChI=1S/C22H27NO5/c1-22(2,3)28-21(26)23-19(20(24)25)14-11-16-9-12-18(13-10-16)27-15-17-7-5-4-6-8-17/h4-10,12-13,19H,11,14-15H2,1-3H3,(H,23,26)(H,24,25)/t19-/m0/s1. The van der Waals surface area contributed by atoms with Gasteiger partial charge in [0.2, 0.25) is 0 Å². The van der Waals surface area contributed by atoms with Gasteiger partial charge in [0, 0.05) is 0 Å². The fraction of sp³-hybridized carbons (Fsp3) is 0.364. The molecule has 150 valence electrons. The molecule has 0 unspecified atom stereocenters. The summed E-state index contributed by atoms with van der Waals surface area (Å²) in [5.74, 6) is -0.344. The van der Waals surface area contributed by atoms with Crippen LogP contribution < -0.4 is 10.1 Å². The zero-order valence-electron chi connectivity index (χ0n) is 16.5. The summed E-state index contributed by atoms with van der Waals surface area (Å²) in [7, 11) is 0. The Hall–Kier alpha value is -3.02. The van der Waals surface area contributed by atoms with Crippen molar-refractivity contribution >= 4 is 12.1 Å². The summed E-state index contributed by atoms with van der Waals surface area (Å²) in [4.78, 5) is 23.2. The number of benzene rings is 2. The summed E-state index contributed by atoms with van der Waals surface area (Å²) in [6, 6.07) is 16.4. The number of carbonyl (C=O) groups excluding carboxylic acids is 1. The zero-order valence-corrected chi connectivity index (χ0v) is 16.5. The molecule has 1 amide bonds. The SMILES string of the molecule is CC(C)(C)OC(=O)N[C@@H](CCc1ccc(OCc2ccccc2)cc1)C(=O)O. The van der Waals surface area contributed by atoms with Crippen molar-refractivity contribution in [2.75, 3.05) is 0 Å². The van der Waals surface area contributed by atoms with E-state index in [0.29, 0.717) is 13.0 Å². The number of rotatable bonds is 8. The molecule has 0 radical (unpaired) electrons. The molecule has 0 aromatic heterocycles. The smallest absolute Gasteiger partial charge is 0.408 e. The molecule has 2 aromatic rings. The van der Waals surface area contributed by atoms with Crippen LogP contribution in [0.2, 0.25) is 0 Å². The predicted octanol–water partition coefficient (Wildman–Crippen LogP) is 4.18. The van der Waals surface area contributed by atoms with E-state index < -0.39 is 23.7 Å². The molecule has 0 saturated carbocycles. The molecule has 0 heterocycles. The monoisotopic (exact) mass is 385 g/mol. The number of hydrogen-bond acceptors (Lipinski definition) is 4. The first-order chi connectivity index (χ1) is 13.2. The highest BCUT2D eigenvalue weighted by Gasteiger charge is 2.23. The molecule has 0 aliphatic rings. The molecule has 28 heavy (non-hydrogen) atoms. The Bertz CT molecular complexity index is 766. The number of alkyl carbamates (subject to hydrolysis) is 1. The maximum atomic E-state index is 11.8. The van der Waals surface area contributed by atoms with Gasteiger partial charge in [0.25, 0.3) is 0 Å². The van der Waals surface area contributed by atoms with E-state index in [2.05, 4.69) is 5.32 Å². The minimum absolute atomic E-state index is 0.263. The van der Waals surface area contributed by atoms with Crippen molar-refractivity contribution < 1.29 is 24.2 Å². The van der Waals surface area contributed by atoms with Crippen LogP contribution in [0.4, 0.5) is 4.79 Å². The lowest BCUT2D eigenvalue weighted by atomic mass is 10.1. The normalized spacial score (nSPS) is 12.1. The van der Waals surface area contributed by atoms with E-state index in [0.717, 1.165) is 16.9 Å². The summed E-state index contributed by atoms with van der Waals surface area (Å²) in [5.41, 5.74) is 1.37. The first kappa shape index (κ1) is 21.3. The van der Waals surface area contributed by atoms with E-state index in [1.165, 1.54) is 0 Å². The molecule has 1 atom stereocenters. The highest BCUT2D eigenvalue weighted by Crippen LogP contribution is 2.16. The van der Waals surface area contributed by atoms with Crippen LogP contribution >= 0.6 is 0 Å². The lowest BCUT2D eigenvalue weighted by Crippen LogP contribution is -2.43. The number of carboxylic acids is 1. The molecule has 0 saturated heterocycles. The zero-order chi connectivity index (χ0) is 20.6. The second kappa shape index (κ2) is 9.78. The molecular weight excluding hydrogens is 358 g/mol. The van der Waals surface area contributed by atoms with Crippen LogP contribution in [0.1, 0.15) is 38.3 Å². The summed E-state index contributed by atoms with van der Waals surface area (Å²) in [6.45, 7) is 5.67. The highest BCUT2D eigenvalue weighted by atomic mass is 16.6. The topological polar surface area (TPSA) is 84.9 Å². The maximum absolute atomic E-state index is 11.8. The highest BCUT2D eigenvalue weighted by molar-refractivity contribution is 5.80. The van der Waals surface area contributed by atoms with Gasteiger partial charge in [-0.05, 0) is 56.9 Å². The van der Waals surface area contributed by atoms with E-state index in [1.54, 1.807) is 20.8 Å². The summed E-state index contributed by atoms with van der Waals surface area (Å²) in [6.07, 6.45) is 0.0365. The van der Waals surface area contributed by atoms with Gasteiger partial charge in [-0.3, -0.25) is 0 Å². The van der Waals surface area contributed by atoms with Crippen LogP contribution in [0.3, 0.4) is 0 Å². The van der Waals surface area contributed by atoms with E-state index in [4.69, 9.17) is 9.47 Å². The van der Waals surface area contributed by atoms with Crippen molar-refractivity contribution in [3.8, 4) is 5.75 Å². The molecule has 2 N–H and O–H groups in total. The minimum atomic E-state index is -1.09. The van der Waals surface area contributed by atoms with Crippen molar-refractivity contribution in [2.24, 2.45) is 0 Å². The van der Waals surface area contributed by atoms with Crippen LogP contribution in [-0.2, 0) is 22.6 Å². The Morgan fingerprint density at radius 3 is 2.21 bits per heavy atom. The van der Waals surface area contributed by atoms with E-state index >= 15 is 0 Å². The average Bonchev–Trinajstić information content (AvgIpc) is 2.63. The second-order valence-electron chi connectivity index (χ2n) is 7.49. The van der Waals surface area contributed by atoms with Gasteiger partial charge < -0.3 is 19.9 Å². The lowest BCUT2D eigenvalue weighted by molar-refractivity contribution is -0.139. The number of aliphatic carboxylic acids is 1. The van der Waals surface area contributed by atoms with Gasteiger partial charge in [0.15, 0.2) is 0 Å². The van der Waals surface area contributed by atoms with Crippen molar-refractivity contribution in [1.29, 1.82) is 0 Å². The van der Waals surface area contributed by atoms with Crippen molar-refractivity contribution in [3.05, 3.63) is 65.7 Å². The van der Waals surface area contributed by atoms with Gasteiger partial charge >= 0.3 is 12.1 Å². The van der Waals surface area contributed by atoms with Gasteiger partial charge in [-0.25, -0.2) is 9.59 Å². The molecular formula is C22H27NO5. The Labute approximate surface area is 165 Å². The van der Waals surface area contributed by atoms with E-state index in [1.807, 2.05) is 54.6 Å². The van der Waals surface area contributed by atoms with Gasteiger partial charge in [-0.1, -0.05) is 42.5 Å². The van der Waals surface area contributed by atoms with Crippen LogP contribution in [0, 0.1) is 0 Å². The molecule has 2 aromatic carbocycles. The Morgan fingerprint density at radius 1 is 1.00 bits per heavy atom. The third kappa shape index (κ3) is 7.70. The lowest BCUT2D eigenvalue weighted by Gasteiger charge is -2.22. The molecule has 6 heteroatoms. The predicted molar refractivity (Wildman–Crippen MR) is 106 cm³/mol. The van der Waals surface area contributed by atoms with Crippen LogP contribution in [0.5, 0.6) is 5.75 Å². The van der Waals surface area contributed by atoms with Gasteiger partial charge in [0.05, 0.1) is 0 Å². The van der Waals surface area contributed by atoms with Crippen LogP contribution in [-0.4, -0.2) is 28.8 Å².